The van der Waals surface area contributed by atoms with Crippen LogP contribution in [0.2, 0.25) is 0 Å². The van der Waals surface area contributed by atoms with Crippen molar-refractivity contribution in [2.75, 3.05) is 13.7 Å². The Bertz CT molecular complexity index is 863. The minimum Gasteiger partial charge on any atom is -0.497 e. The Morgan fingerprint density at radius 1 is 1.12 bits per heavy atom. The number of carbonyl (C=O) groups is 1. The van der Waals surface area contributed by atoms with Gasteiger partial charge in [0.1, 0.15) is 5.75 Å². The molecule has 0 atom stereocenters. The highest BCUT2D eigenvalue weighted by atomic mass is 16.5. The summed E-state index contributed by atoms with van der Waals surface area (Å²) in [6.07, 6.45) is 0.774. The summed E-state index contributed by atoms with van der Waals surface area (Å²) in [6, 6.07) is 13.6. The van der Waals surface area contributed by atoms with E-state index in [-0.39, 0.29) is 5.91 Å². The molecule has 0 radical (unpaired) electrons. The molecule has 1 amide bonds. The second-order valence-electron chi connectivity index (χ2n) is 6.01. The van der Waals surface area contributed by atoms with E-state index in [1.165, 1.54) is 5.56 Å². The highest BCUT2D eigenvalue weighted by Crippen LogP contribution is 2.26. The molecule has 0 bridgehead atoms. The Labute approximate surface area is 141 Å². The van der Waals surface area contributed by atoms with Crippen LogP contribution in [0.4, 0.5) is 0 Å². The number of fused-ring (bicyclic) bond motifs is 1. The lowest BCUT2D eigenvalue weighted by atomic mass is 10.1. The fourth-order valence-corrected chi connectivity index (χ4v) is 2.92. The molecule has 2 N–H and O–H groups in total. The summed E-state index contributed by atoms with van der Waals surface area (Å²) < 4.78 is 5.31. The van der Waals surface area contributed by atoms with Crippen molar-refractivity contribution in [3.8, 4) is 5.75 Å². The maximum Gasteiger partial charge on any atom is 0.251 e. The molecule has 0 aliphatic rings. The number of nitrogens with one attached hydrogen (secondary N) is 2. The molecule has 4 heteroatoms. The summed E-state index contributed by atoms with van der Waals surface area (Å²) in [6.45, 7) is 4.66. The van der Waals surface area contributed by atoms with Gasteiger partial charge in [-0.2, -0.15) is 0 Å². The summed E-state index contributed by atoms with van der Waals surface area (Å²) in [7, 11) is 1.67. The van der Waals surface area contributed by atoms with Gasteiger partial charge >= 0.3 is 0 Å². The minimum atomic E-state index is -0.0370. The lowest BCUT2D eigenvalue weighted by Crippen LogP contribution is -2.25. The number of H-pyrrole nitrogens is 1. The molecule has 1 heterocycles. The lowest BCUT2D eigenvalue weighted by Gasteiger charge is -2.07. The normalized spacial score (nSPS) is 10.8. The molecule has 2 aromatic carbocycles. The summed E-state index contributed by atoms with van der Waals surface area (Å²) in [5.74, 6) is 0.802. The summed E-state index contributed by atoms with van der Waals surface area (Å²) in [5, 5.41) is 4.14. The molecular weight excluding hydrogens is 300 g/mol. The van der Waals surface area contributed by atoms with E-state index in [0.717, 1.165) is 34.3 Å². The van der Waals surface area contributed by atoms with Crippen molar-refractivity contribution in [1.82, 2.24) is 10.3 Å². The van der Waals surface area contributed by atoms with Crippen molar-refractivity contribution in [1.29, 1.82) is 0 Å². The topological polar surface area (TPSA) is 54.1 Å². The second kappa shape index (κ2) is 6.79. The molecule has 0 spiro atoms. The zero-order chi connectivity index (χ0) is 17.1. The zero-order valence-electron chi connectivity index (χ0n) is 14.3. The molecule has 24 heavy (non-hydrogen) atoms. The maximum atomic E-state index is 12.2. The Morgan fingerprint density at radius 2 is 1.88 bits per heavy atom. The predicted molar refractivity (Wildman–Crippen MR) is 96.8 cm³/mol. The van der Waals surface area contributed by atoms with Crippen LogP contribution >= 0.6 is 0 Å². The van der Waals surface area contributed by atoms with E-state index in [2.05, 4.69) is 17.2 Å². The standard InChI is InChI=1S/C20H22N2O2/c1-13-4-6-15(7-5-13)20(23)21-11-10-17-14(2)22-19-9-8-16(24-3)12-18(17)19/h4-9,12,22H,10-11H2,1-3H3,(H,21,23). The van der Waals surface area contributed by atoms with Gasteiger partial charge in [-0.25, -0.2) is 0 Å². The van der Waals surface area contributed by atoms with Crippen molar-refractivity contribution in [3.05, 3.63) is 64.8 Å². The Balaban J connectivity index is 1.70. The fourth-order valence-electron chi connectivity index (χ4n) is 2.92. The van der Waals surface area contributed by atoms with Crippen LogP contribution in [0.15, 0.2) is 42.5 Å². The third-order valence-corrected chi connectivity index (χ3v) is 4.30. The van der Waals surface area contributed by atoms with Crippen molar-refractivity contribution in [2.45, 2.75) is 20.3 Å². The number of hydrogen-bond donors (Lipinski definition) is 2. The quantitative estimate of drug-likeness (QED) is 0.751. The average molecular weight is 322 g/mol. The number of amides is 1. The first-order valence-corrected chi connectivity index (χ1v) is 8.08. The van der Waals surface area contributed by atoms with Gasteiger partial charge in [0.2, 0.25) is 0 Å². The predicted octanol–water partition coefficient (Wildman–Crippen LogP) is 3.77. The first-order chi connectivity index (χ1) is 11.6. The van der Waals surface area contributed by atoms with Crippen LogP contribution in [-0.2, 0) is 6.42 Å². The molecule has 0 unspecified atom stereocenters. The average Bonchev–Trinajstić information content (AvgIpc) is 2.90. The van der Waals surface area contributed by atoms with Crippen LogP contribution in [0, 0.1) is 13.8 Å². The second-order valence-corrected chi connectivity index (χ2v) is 6.01. The lowest BCUT2D eigenvalue weighted by molar-refractivity contribution is 0.0954. The minimum absolute atomic E-state index is 0.0370. The third-order valence-electron chi connectivity index (χ3n) is 4.30. The van der Waals surface area contributed by atoms with Crippen molar-refractivity contribution >= 4 is 16.8 Å². The van der Waals surface area contributed by atoms with Crippen molar-refractivity contribution in [3.63, 3.8) is 0 Å². The number of aromatic nitrogens is 1. The van der Waals surface area contributed by atoms with E-state index in [0.29, 0.717) is 12.1 Å². The van der Waals surface area contributed by atoms with E-state index in [1.807, 2.05) is 49.4 Å². The van der Waals surface area contributed by atoms with Gasteiger partial charge in [-0.15, -0.1) is 0 Å². The SMILES string of the molecule is COc1ccc2[nH]c(C)c(CCNC(=O)c3ccc(C)cc3)c2c1. The Hall–Kier alpha value is -2.75. The molecule has 0 aliphatic heterocycles. The molecule has 0 saturated heterocycles. The highest BCUT2D eigenvalue weighted by molar-refractivity contribution is 5.94. The number of aryl methyl sites for hydroxylation is 2. The smallest absolute Gasteiger partial charge is 0.251 e. The number of carbonyl (C=O) groups excluding carboxylic acids is 1. The Kier molecular flexibility index (Phi) is 4.56. The highest BCUT2D eigenvalue weighted by Gasteiger charge is 2.10. The van der Waals surface area contributed by atoms with Crippen LogP contribution in [0.25, 0.3) is 10.9 Å². The number of rotatable bonds is 5. The molecule has 3 rings (SSSR count). The first kappa shape index (κ1) is 16.1. The van der Waals surface area contributed by atoms with Gasteiger partial charge in [0.25, 0.3) is 5.91 Å². The third kappa shape index (κ3) is 3.27. The van der Waals surface area contributed by atoms with E-state index >= 15 is 0 Å². The van der Waals surface area contributed by atoms with E-state index in [4.69, 9.17) is 4.74 Å². The van der Waals surface area contributed by atoms with Crippen molar-refractivity contribution < 1.29 is 9.53 Å². The van der Waals surface area contributed by atoms with Gasteiger partial charge in [0.05, 0.1) is 7.11 Å². The summed E-state index contributed by atoms with van der Waals surface area (Å²) >= 11 is 0. The van der Waals surface area contributed by atoms with Crippen LogP contribution < -0.4 is 10.1 Å². The van der Waals surface area contributed by atoms with Crippen LogP contribution in [0.5, 0.6) is 5.75 Å². The summed E-state index contributed by atoms with van der Waals surface area (Å²) in [4.78, 5) is 15.6. The van der Waals surface area contributed by atoms with E-state index < -0.39 is 0 Å². The van der Waals surface area contributed by atoms with Crippen LogP contribution in [0.1, 0.15) is 27.2 Å². The first-order valence-electron chi connectivity index (χ1n) is 8.08. The number of ether oxygens (including phenoxy) is 1. The number of hydrogen-bond acceptors (Lipinski definition) is 2. The van der Waals surface area contributed by atoms with Crippen molar-refractivity contribution in [2.24, 2.45) is 0 Å². The molecule has 3 aromatic rings. The molecule has 1 aromatic heterocycles. The number of benzene rings is 2. The largest absolute Gasteiger partial charge is 0.497 e. The maximum absolute atomic E-state index is 12.2. The zero-order valence-corrected chi connectivity index (χ0v) is 14.3. The summed E-state index contributed by atoms with van der Waals surface area (Å²) in [5.41, 5.74) is 5.27. The van der Waals surface area contributed by atoms with Crippen LogP contribution in [0.3, 0.4) is 0 Å². The van der Waals surface area contributed by atoms with Gasteiger partial charge in [-0.05, 0) is 56.2 Å². The number of aromatic amines is 1. The molecular formula is C20H22N2O2. The monoisotopic (exact) mass is 322 g/mol. The molecule has 124 valence electrons. The fraction of sp³-hybridized carbons (Fsp3) is 0.250. The molecule has 0 fully saturated rings. The van der Waals surface area contributed by atoms with Gasteiger partial charge in [-0.1, -0.05) is 17.7 Å². The van der Waals surface area contributed by atoms with Gasteiger partial charge < -0.3 is 15.0 Å². The Morgan fingerprint density at radius 3 is 2.58 bits per heavy atom. The van der Waals surface area contributed by atoms with Crippen LogP contribution in [-0.4, -0.2) is 24.5 Å². The molecule has 0 aliphatic carbocycles. The van der Waals surface area contributed by atoms with Gasteiger partial charge in [0, 0.05) is 28.7 Å². The molecule has 4 nitrogen and oxygen atoms in total. The molecule has 0 saturated carbocycles. The van der Waals surface area contributed by atoms with Gasteiger partial charge in [0.15, 0.2) is 0 Å². The van der Waals surface area contributed by atoms with Gasteiger partial charge in [-0.3, -0.25) is 4.79 Å². The number of methoxy groups -OCH3 is 1. The van der Waals surface area contributed by atoms with E-state index in [1.54, 1.807) is 7.11 Å². The van der Waals surface area contributed by atoms with E-state index in [9.17, 15) is 4.79 Å².